The van der Waals surface area contributed by atoms with Gasteiger partial charge in [0.25, 0.3) is 0 Å². The van der Waals surface area contributed by atoms with Crippen molar-refractivity contribution >= 4 is 49.8 Å². The standard InChI is InChI=1S/C15H12BrClN2S/c1-7-5-12(20-9(7)3)15-18-13-8(2)4-10(16)6-11(13)14(17)19-15/h4-6H,1-3H3. The van der Waals surface area contributed by atoms with E-state index in [1.165, 1.54) is 10.4 Å². The third kappa shape index (κ3) is 2.36. The van der Waals surface area contributed by atoms with E-state index in [0.29, 0.717) is 11.0 Å². The summed E-state index contributed by atoms with van der Waals surface area (Å²) in [6.07, 6.45) is 0. The molecule has 0 atom stereocenters. The number of nitrogens with zero attached hydrogens (tertiary/aromatic N) is 2. The Morgan fingerprint density at radius 3 is 2.45 bits per heavy atom. The molecule has 0 aliphatic heterocycles. The van der Waals surface area contributed by atoms with Crippen LogP contribution in [-0.4, -0.2) is 9.97 Å². The molecule has 0 saturated carbocycles. The first kappa shape index (κ1) is 14.0. The second kappa shape index (κ2) is 5.10. The monoisotopic (exact) mass is 366 g/mol. The molecule has 0 aliphatic rings. The van der Waals surface area contributed by atoms with E-state index in [4.69, 9.17) is 16.6 Å². The van der Waals surface area contributed by atoms with Gasteiger partial charge in [-0.1, -0.05) is 27.5 Å². The predicted molar refractivity (Wildman–Crippen MR) is 89.8 cm³/mol. The zero-order valence-electron chi connectivity index (χ0n) is 11.3. The van der Waals surface area contributed by atoms with Crippen molar-refractivity contribution in [3.05, 3.63) is 43.8 Å². The molecule has 0 fully saturated rings. The van der Waals surface area contributed by atoms with Gasteiger partial charge in [0, 0.05) is 14.7 Å². The quantitative estimate of drug-likeness (QED) is 0.516. The maximum atomic E-state index is 6.34. The molecule has 0 radical (unpaired) electrons. The molecule has 0 spiro atoms. The maximum absolute atomic E-state index is 6.34. The van der Waals surface area contributed by atoms with Crippen LogP contribution < -0.4 is 0 Å². The molecule has 2 aromatic heterocycles. The minimum absolute atomic E-state index is 0.498. The zero-order valence-corrected chi connectivity index (χ0v) is 14.4. The van der Waals surface area contributed by atoms with Crippen molar-refractivity contribution in [1.29, 1.82) is 0 Å². The fraction of sp³-hybridized carbons (Fsp3) is 0.200. The van der Waals surface area contributed by atoms with Gasteiger partial charge in [-0.15, -0.1) is 11.3 Å². The first-order valence-electron chi connectivity index (χ1n) is 6.16. The average molecular weight is 368 g/mol. The van der Waals surface area contributed by atoms with Crippen LogP contribution in [0.5, 0.6) is 0 Å². The summed E-state index contributed by atoms with van der Waals surface area (Å²) in [6, 6.07) is 6.12. The number of rotatable bonds is 1. The summed E-state index contributed by atoms with van der Waals surface area (Å²) in [4.78, 5) is 11.5. The molecule has 0 unspecified atom stereocenters. The molecule has 0 amide bonds. The third-order valence-electron chi connectivity index (χ3n) is 3.30. The molecule has 0 saturated heterocycles. The van der Waals surface area contributed by atoms with Gasteiger partial charge in [0.2, 0.25) is 0 Å². The Morgan fingerprint density at radius 2 is 1.80 bits per heavy atom. The second-order valence-electron chi connectivity index (χ2n) is 4.81. The van der Waals surface area contributed by atoms with Crippen LogP contribution in [-0.2, 0) is 0 Å². The molecule has 5 heteroatoms. The topological polar surface area (TPSA) is 25.8 Å². The Bertz CT molecular complexity index is 807. The number of aryl methyl sites for hydroxylation is 3. The number of aromatic nitrogens is 2. The number of halogens is 2. The largest absolute Gasteiger partial charge is 0.227 e. The van der Waals surface area contributed by atoms with Crippen LogP contribution in [0.25, 0.3) is 21.6 Å². The summed E-state index contributed by atoms with van der Waals surface area (Å²) >= 11 is 11.5. The molecule has 3 rings (SSSR count). The lowest BCUT2D eigenvalue weighted by Gasteiger charge is -2.06. The van der Waals surface area contributed by atoms with E-state index in [-0.39, 0.29) is 0 Å². The normalized spacial score (nSPS) is 11.2. The molecule has 2 nitrogen and oxygen atoms in total. The van der Waals surface area contributed by atoms with Crippen LogP contribution in [0.2, 0.25) is 5.15 Å². The lowest BCUT2D eigenvalue weighted by Crippen LogP contribution is -1.92. The van der Waals surface area contributed by atoms with Crippen molar-refractivity contribution in [2.45, 2.75) is 20.8 Å². The number of benzene rings is 1. The first-order chi connectivity index (χ1) is 9.45. The molecular formula is C15H12BrClN2S. The molecule has 20 heavy (non-hydrogen) atoms. The van der Waals surface area contributed by atoms with Crippen LogP contribution in [0, 0.1) is 20.8 Å². The molecule has 0 N–H and O–H groups in total. The fourth-order valence-electron chi connectivity index (χ4n) is 2.12. The average Bonchev–Trinajstić information content (AvgIpc) is 2.71. The highest BCUT2D eigenvalue weighted by molar-refractivity contribution is 9.10. The van der Waals surface area contributed by atoms with Crippen molar-refractivity contribution in [1.82, 2.24) is 9.97 Å². The highest BCUT2D eigenvalue weighted by Gasteiger charge is 2.13. The van der Waals surface area contributed by atoms with Gasteiger partial charge in [0.05, 0.1) is 10.4 Å². The van der Waals surface area contributed by atoms with Crippen LogP contribution in [0.1, 0.15) is 16.0 Å². The van der Waals surface area contributed by atoms with Crippen LogP contribution in [0.4, 0.5) is 0 Å². The number of fused-ring (bicyclic) bond motifs is 1. The summed E-state index contributed by atoms with van der Waals surface area (Å²) in [5, 5.41) is 1.38. The van der Waals surface area contributed by atoms with Gasteiger partial charge in [0.15, 0.2) is 5.82 Å². The number of hydrogen-bond donors (Lipinski definition) is 0. The molecule has 102 valence electrons. The van der Waals surface area contributed by atoms with E-state index in [2.05, 4.69) is 40.8 Å². The van der Waals surface area contributed by atoms with E-state index in [9.17, 15) is 0 Å². The van der Waals surface area contributed by atoms with Gasteiger partial charge in [0.1, 0.15) is 5.15 Å². The molecule has 1 aromatic carbocycles. The molecule has 3 aromatic rings. The maximum Gasteiger partial charge on any atom is 0.171 e. The Hall–Kier alpha value is -0.970. The Labute approximate surface area is 135 Å². The SMILES string of the molecule is Cc1cc(-c2nc(Cl)c3cc(Br)cc(C)c3n2)sc1C. The van der Waals surface area contributed by atoms with Gasteiger partial charge in [-0.3, -0.25) is 0 Å². The van der Waals surface area contributed by atoms with Gasteiger partial charge < -0.3 is 0 Å². The summed E-state index contributed by atoms with van der Waals surface area (Å²) in [5.74, 6) is 0.703. The summed E-state index contributed by atoms with van der Waals surface area (Å²) in [6.45, 7) is 6.24. The van der Waals surface area contributed by atoms with Crippen LogP contribution in [0.3, 0.4) is 0 Å². The van der Waals surface area contributed by atoms with Gasteiger partial charge in [-0.05, 0) is 50.1 Å². The lowest BCUT2D eigenvalue weighted by atomic mass is 10.1. The smallest absolute Gasteiger partial charge is 0.171 e. The number of thiophene rings is 1. The fourth-order valence-corrected chi connectivity index (χ4v) is 3.88. The van der Waals surface area contributed by atoms with Crippen molar-refractivity contribution in [2.75, 3.05) is 0 Å². The minimum Gasteiger partial charge on any atom is -0.227 e. The molecule has 2 heterocycles. The van der Waals surface area contributed by atoms with Gasteiger partial charge >= 0.3 is 0 Å². The Morgan fingerprint density at radius 1 is 1.05 bits per heavy atom. The van der Waals surface area contributed by atoms with Gasteiger partial charge in [-0.25, -0.2) is 9.97 Å². The summed E-state index contributed by atoms with van der Waals surface area (Å²) in [5.41, 5.74) is 3.26. The Balaban J connectivity index is 2.29. The van der Waals surface area contributed by atoms with Crippen molar-refractivity contribution in [3.8, 4) is 10.7 Å². The van der Waals surface area contributed by atoms with Crippen LogP contribution >= 0.6 is 38.9 Å². The van der Waals surface area contributed by atoms with Crippen LogP contribution in [0.15, 0.2) is 22.7 Å². The Kier molecular flexibility index (Phi) is 3.56. The zero-order chi connectivity index (χ0) is 14.4. The van der Waals surface area contributed by atoms with E-state index >= 15 is 0 Å². The third-order valence-corrected chi connectivity index (χ3v) is 5.19. The van der Waals surface area contributed by atoms with Crippen molar-refractivity contribution in [2.24, 2.45) is 0 Å². The second-order valence-corrected chi connectivity index (χ2v) is 7.34. The van der Waals surface area contributed by atoms with Crippen molar-refractivity contribution < 1.29 is 0 Å². The van der Waals surface area contributed by atoms with E-state index in [1.54, 1.807) is 11.3 Å². The molecular weight excluding hydrogens is 356 g/mol. The van der Waals surface area contributed by atoms with E-state index in [1.807, 2.05) is 19.1 Å². The summed E-state index contributed by atoms with van der Waals surface area (Å²) < 4.78 is 0.989. The minimum atomic E-state index is 0.498. The van der Waals surface area contributed by atoms with E-state index in [0.717, 1.165) is 25.8 Å². The predicted octanol–water partition coefficient (Wildman–Crippen LogP) is 5.70. The first-order valence-corrected chi connectivity index (χ1v) is 8.15. The van der Waals surface area contributed by atoms with E-state index < -0.39 is 0 Å². The highest BCUT2D eigenvalue weighted by atomic mass is 79.9. The highest BCUT2D eigenvalue weighted by Crippen LogP contribution is 2.33. The summed E-state index contributed by atoms with van der Waals surface area (Å²) in [7, 11) is 0. The molecule has 0 bridgehead atoms. The lowest BCUT2D eigenvalue weighted by molar-refractivity contribution is 1.22. The van der Waals surface area contributed by atoms with Crippen molar-refractivity contribution in [3.63, 3.8) is 0 Å². The molecule has 0 aliphatic carbocycles. The number of hydrogen-bond acceptors (Lipinski definition) is 3. The van der Waals surface area contributed by atoms with Gasteiger partial charge in [-0.2, -0.15) is 0 Å².